The van der Waals surface area contributed by atoms with Gasteiger partial charge in [0.25, 0.3) is 0 Å². The zero-order valence-electron chi connectivity index (χ0n) is 14.3. The zero-order valence-corrected chi connectivity index (χ0v) is 16.6. The number of nitrogens with zero attached hydrogens (tertiary/aromatic N) is 3. The van der Waals surface area contributed by atoms with Crippen LogP contribution in [0.5, 0.6) is 0 Å². The van der Waals surface area contributed by atoms with Crippen LogP contribution in [0.1, 0.15) is 25.3 Å². The molecule has 1 aromatic rings. The molecule has 1 atom stereocenters. The van der Waals surface area contributed by atoms with Gasteiger partial charge in [-0.15, -0.1) is 24.0 Å². The summed E-state index contributed by atoms with van der Waals surface area (Å²) in [5.74, 6) is 1.66. The third-order valence-corrected chi connectivity index (χ3v) is 4.73. The number of rotatable bonds is 4. The Morgan fingerprint density at radius 2 is 1.96 bits per heavy atom. The number of guanidine groups is 1. The Morgan fingerprint density at radius 3 is 2.70 bits per heavy atom. The largest absolute Gasteiger partial charge is 0.356 e. The van der Waals surface area contributed by atoms with E-state index in [2.05, 4.69) is 51.3 Å². The third-order valence-electron chi connectivity index (χ3n) is 4.73. The molecule has 128 valence electrons. The summed E-state index contributed by atoms with van der Waals surface area (Å²) in [7, 11) is 1.88. The summed E-state index contributed by atoms with van der Waals surface area (Å²) in [6, 6.07) is 8.65. The lowest BCUT2D eigenvalue weighted by atomic mass is 10.1. The maximum atomic E-state index is 4.49. The smallest absolute Gasteiger partial charge is 0.198 e. The summed E-state index contributed by atoms with van der Waals surface area (Å²) in [5, 5.41) is 3.58. The second-order valence-corrected chi connectivity index (χ2v) is 6.57. The van der Waals surface area contributed by atoms with Crippen LogP contribution in [0.2, 0.25) is 0 Å². The Morgan fingerprint density at radius 1 is 1.22 bits per heavy atom. The Hall–Kier alpha value is -0.820. The first-order chi connectivity index (χ1) is 10.8. The van der Waals surface area contributed by atoms with E-state index in [-0.39, 0.29) is 24.0 Å². The highest BCUT2D eigenvalue weighted by molar-refractivity contribution is 14.0. The highest BCUT2D eigenvalue weighted by atomic mass is 127. The van der Waals surface area contributed by atoms with E-state index >= 15 is 0 Å². The quantitative estimate of drug-likeness (QED) is 0.455. The molecule has 1 saturated heterocycles. The summed E-state index contributed by atoms with van der Waals surface area (Å²) in [4.78, 5) is 9.39. The Bertz CT molecular complexity index is 526. The number of hydrogen-bond donors (Lipinski definition) is 1. The van der Waals surface area contributed by atoms with Crippen LogP contribution in [0.25, 0.3) is 0 Å². The first-order valence-corrected chi connectivity index (χ1v) is 8.56. The molecule has 0 radical (unpaired) electrons. The van der Waals surface area contributed by atoms with Gasteiger partial charge in [0.15, 0.2) is 5.96 Å². The fourth-order valence-electron chi connectivity index (χ4n) is 3.59. The maximum Gasteiger partial charge on any atom is 0.198 e. The fraction of sp³-hybridized carbons (Fsp3) is 0.611. The van der Waals surface area contributed by atoms with Crippen LogP contribution in [0, 0.1) is 5.92 Å². The molecule has 1 N–H and O–H groups in total. The number of nitrogens with one attached hydrogen (secondary N) is 1. The normalized spacial score (nSPS) is 19.4. The van der Waals surface area contributed by atoms with Crippen LogP contribution >= 0.6 is 24.0 Å². The molecule has 1 fully saturated rings. The number of benzene rings is 1. The minimum absolute atomic E-state index is 0. The van der Waals surface area contributed by atoms with Gasteiger partial charge in [-0.3, -0.25) is 4.99 Å². The first-order valence-electron chi connectivity index (χ1n) is 8.56. The number of aliphatic imine (C=N–C) groups is 1. The summed E-state index contributed by atoms with van der Waals surface area (Å²) >= 11 is 0. The molecular formula is C18H29IN4. The van der Waals surface area contributed by atoms with Crippen molar-refractivity contribution in [1.29, 1.82) is 0 Å². The summed E-state index contributed by atoms with van der Waals surface area (Å²) in [5.41, 5.74) is 2.73. The van der Waals surface area contributed by atoms with Crippen molar-refractivity contribution in [2.24, 2.45) is 10.9 Å². The highest BCUT2D eigenvalue weighted by Crippen LogP contribution is 2.27. The molecule has 1 aromatic carbocycles. The monoisotopic (exact) mass is 428 g/mol. The van der Waals surface area contributed by atoms with Crippen molar-refractivity contribution in [2.75, 3.05) is 44.7 Å². The number of likely N-dealkylation sites (tertiary alicyclic amines) is 1. The average molecular weight is 428 g/mol. The molecule has 2 aliphatic heterocycles. The van der Waals surface area contributed by atoms with Gasteiger partial charge >= 0.3 is 0 Å². The number of halogens is 1. The molecule has 5 heteroatoms. The van der Waals surface area contributed by atoms with Gasteiger partial charge in [-0.1, -0.05) is 25.1 Å². The van der Waals surface area contributed by atoms with Crippen molar-refractivity contribution in [3.63, 3.8) is 0 Å². The van der Waals surface area contributed by atoms with E-state index in [9.17, 15) is 0 Å². The van der Waals surface area contributed by atoms with Gasteiger partial charge in [0, 0.05) is 32.4 Å². The molecule has 0 aliphatic carbocycles. The van der Waals surface area contributed by atoms with Gasteiger partial charge in [0.1, 0.15) is 0 Å². The lowest BCUT2D eigenvalue weighted by Crippen LogP contribution is -2.43. The Balaban J connectivity index is 0.00000192. The van der Waals surface area contributed by atoms with Crippen molar-refractivity contribution in [1.82, 2.24) is 10.2 Å². The van der Waals surface area contributed by atoms with Crippen LogP contribution in [-0.2, 0) is 6.42 Å². The molecule has 2 heterocycles. The number of hydrogen-bond acceptors (Lipinski definition) is 2. The number of anilines is 1. The summed E-state index contributed by atoms with van der Waals surface area (Å²) < 4.78 is 0. The van der Waals surface area contributed by atoms with E-state index < -0.39 is 0 Å². The van der Waals surface area contributed by atoms with Crippen LogP contribution in [0.15, 0.2) is 29.3 Å². The van der Waals surface area contributed by atoms with Gasteiger partial charge in [-0.2, -0.15) is 0 Å². The predicted molar refractivity (Wildman–Crippen MR) is 109 cm³/mol. The van der Waals surface area contributed by atoms with Gasteiger partial charge < -0.3 is 15.1 Å². The predicted octanol–water partition coefficient (Wildman–Crippen LogP) is 2.97. The molecule has 2 aliphatic rings. The van der Waals surface area contributed by atoms with Crippen LogP contribution in [-0.4, -0.2) is 50.6 Å². The van der Waals surface area contributed by atoms with Crippen molar-refractivity contribution in [3.8, 4) is 0 Å². The van der Waals surface area contributed by atoms with E-state index in [1.54, 1.807) is 0 Å². The molecule has 1 unspecified atom stereocenters. The van der Waals surface area contributed by atoms with Crippen LogP contribution < -0.4 is 10.2 Å². The van der Waals surface area contributed by atoms with E-state index in [0.717, 1.165) is 25.5 Å². The lowest BCUT2D eigenvalue weighted by molar-refractivity contribution is 0.288. The molecule has 0 spiro atoms. The van der Waals surface area contributed by atoms with Crippen molar-refractivity contribution in [3.05, 3.63) is 29.8 Å². The second kappa shape index (κ2) is 8.87. The second-order valence-electron chi connectivity index (χ2n) is 6.57. The van der Waals surface area contributed by atoms with Gasteiger partial charge in [0.2, 0.25) is 0 Å². The number of para-hydroxylation sites is 1. The highest BCUT2D eigenvalue weighted by Gasteiger charge is 2.23. The molecule has 3 rings (SSSR count). The maximum absolute atomic E-state index is 4.49. The van der Waals surface area contributed by atoms with Crippen molar-refractivity contribution >= 4 is 35.6 Å². The first kappa shape index (κ1) is 18.5. The fourth-order valence-corrected chi connectivity index (χ4v) is 3.59. The topological polar surface area (TPSA) is 30.9 Å². The van der Waals surface area contributed by atoms with E-state index in [1.807, 2.05) is 7.05 Å². The van der Waals surface area contributed by atoms with Gasteiger partial charge in [-0.25, -0.2) is 0 Å². The molecular weight excluding hydrogens is 399 g/mol. The number of fused-ring (bicyclic) bond motifs is 1. The molecule has 4 nitrogen and oxygen atoms in total. The molecule has 0 amide bonds. The summed E-state index contributed by atoms with van der Waals surface area (Å²) in [6.45, 7) is 8.09. The zero-order chi connectivity index (χ0) is 15.4. The van der Waals surface area contributed by atoms with Crippen molar-refractivity contribution in [2.45, 2.75) is 26.2 Å². The molecule has 0 saturated carbocycles. The van der Waals surface area contributed by atoms with Crippen LogP contribution in [0.4, 0.5) is 5.69 Å². The molecule has 0 aromatic heterocycles. The van der Waals surface area contributed by atoms with E-state index in [4.69, 9.17) is 0 Å². The minimum Gasteiger partial charge on any atom is -0.356 e. The van der Waals surface area contributed by atoms with Crippen molar-refractivity contribution < 1.29 is 0 Å². The Kier molecular flexibility index (Phi) is 7.14. The lowest BCUT2D eigenvalue weighted by Gasteiger charge is -2.25. The minimum atomic E-state index is 0. The average Bonchev–Trinajstić information content (AvgIpc) is 3.18. The van der Waals surface area contributed by atoms with E-state index in [1.165, 1.54) is 43.7 Å². The molecule has 23 heavy (non-hydrogen) atoms. The van der Waals surface area contributed by atoms with Gasteiger partial charge in [0.05, 0.1) is 0 Å². The van der Waals surface area contributed by atoms with Gasteiger partial charge in [-0.05, 0) is 49.9 Å². The molecule has 0 bridgehead atoms. The SMILES string of the molecule is CN=C(NCC(C)CN1CCCC1)N1CCc2ccccc21.I. The van der Waals surface area contributed by atoms with E-state index in [0.29, 0.717) is 5.92 Å². The summed E-state index contributed by atoms with van der Waals surface area (Å²) in [6.07, 6.45) is 3.85. The van der Waals surface area contributed by atoms with Crippen LogP contribution in [0.3, 0.4) is 0 Å². The third kappa shape index (κ3) is 4.59. The standard InChI is InChI=1S/C18H28N4.HI/c1-15(14-21-10-5-6-11-21)13-20-18(19-2)22-12-9-16-7-3-4-8-17(16)22;/h3-4,7-8,15H,5-6,9-14H2,1-2H3,(H,19,20);1H. The Labute approximate surface area is 157 Å².